The van der Waals surface area contributed by atoms with Gasteiger partial charge < -0.3 is 5.73 Å². The lowest BCUT2D eigenvalue weighted by Crippen LogP contribution is -2.13. The van der Waals surface area contributed by atoms with Gasteiger partial charge in [-0.3, -0.25) is 4.79 Å². The van der Waals surface area contributed by atoms with Gasteiger partial charge in [-0.15, -0.1) is 0 Å². The van der Waals surface area contributed by atoms with E-state index >= 15 is 0 Å². The average Bonchev–Trinajstić information content (AvgIpc) is 2.28. The maximum absolute atomic E-state index is 13.0. The Labute approximate surface area is 95.7 Å². The van der Waals surface area contributed by atoms with E-state index in [0.717, 1.165) is 12.0 Å². The number of carbonyl (C=O) groups excluding carboxylic acids is 1. The van der Waals surface area contributed by atoms with Crippen LogP contribution in [0.15, 0.2) is 18.2 Å². The van der Waals surface area contributed by atoms with Crippen LogP contribution in [0, 0.1) is 18.7 Å². The minimum Gasteiger partial charge on any atom is -0.330 e. The lowest BCUT2D eigenvalue weighted by atomic mass is 9.97. The molecule has 1 atom stereocenters. The summed E-state index contributed by atoms with van der Waals surface area (Å²) >= 11 is 0. The predicted octanol–water partition coefficient (Wildman–Crippen LogP) is 2.69. The van der Waals surface area contributed by atoms with Gasteiger partial charge in [-0.25, -0.2) is 4.39 Å². The molecule has 0 aliphatic rings. The molecule has 2 nitrogen and oxygen atoms in total. The normalized spacial score (nSPS) is 12.5. The average molecular weight is 223 g/mol. The molecule has 0 saturated heterocycles. The van der Waals surface area contributed by atoms with Crippen LogP contribution in [0.1, 0.15) is 35.7 Å². The maximum Gasteiger partial charge on any atom is 0.163 e. The molecule has 0 aliphatic carbocycles. The van der Waals surface area contributed by atoms with E-state index < -0.39 is 0 Å². The van der Waals surface area contributed by atoms with Gasteiger partial charge in [0.15, 0.2) is 5.78 Å². The highest BCUT2D eigenvalue weighted by atomic mass is 19.1. The summed E-state index contributed by atoms with van der Waals surface area (Å²) in [5.74, 6) is -0.0315. The number of nitrogens with two attached hydrogens (primary N) is 1. The van der Waals surface area contributed by atoms with Crippen LogP contribution in [0.3, 0.4) is 0 Å². The first-order chi connectivity index (χ1) is 7.54. The Morgan fingerprint density at radius 3 is 2.81 bits per heavy atom. The van der Waals surface area contributed by atoms with Crippen molar-refractivity contribution in [2.24, 2.45) is 11.7 Å². The molecular weight excluding hydrogens is 205 g/mol. The van der Waals surface area contributed by atoms with E-state index in [4.69, 9.17) is 5.73 Å². The second kappa shape index (κ2) is 5.75. The topological polar surface area (TPSA) is 43.1 Å². The van der Waals surface area contributed by atoms with E-state index in [1.165, 1.54) is 12.1 Å². The van der Waals surface area contributed by atoms with Gasteiger partial charge in [-0.05, 0) is 43.5 Å². The molecule has 0 aliphatic heterocycles. The van der Waals surface area contributed by atoms with Crippen LogP contribution < -0.4 is 5.73 Å². The molecule has 1 aromatic rings. The zero-order valence-corrected chi connectivity index (χ0v) is 9.79. The monoisotopic (exact) mass is 223 g/mol. The summed E-state index contributed by atoms with van der Waals surface area (Å²) < 4.78 is 13.0. The van der Waals surface area contributed by atoms with E-state index in [-0.39, 0.29) is 11.6 Å². The second-order valence-electron chi connectivity index (χ2n) is 4.26. The third-order valence-corrected chi connectivity index (χ3v) is 2.77. The smallest absolute Gasteiger partial charge is 0.163 e. The van der Waals surface area contributed by atoms with Crippen LogP contribution in [0.25, 0.3) is 0 Å². The molecule has 0 heterocycles. The molecule has 88 valence electrons. The van der Waals surface area contributed by atoms with Crippen molar-refractivity contribution < 1.29 is 9.18 Å². The van der Waals surface area contributed by atoms with Gasteiger partial charge in [-0.2, -0.15) is 0 Å². The number of aryl methyl sites for hydroxylation is 1. The highest BCUT2D eigenvalue weighted by Gasteiger charge is 2.11. The van der Waals surface area contributed by atoms with Crippen LogP contribution in [0.2, 0.25) is 0 Å². The first kappa shape index (κ1) is 12.8. The third kappa shape index (κ3) is 3.42. The van der Waals surface area contributed by atoms with Gasteiger partial charge in [0.1, 0.15) is 5.82 Å². The molecular formula is C13H18FNO. The number of hydrogen-bond donors (Lipinski definition) is 1. The maximum atomic E-state index is 13.0. The largest absolute Gasteiger partial charge is 0.330 e. The predicted molar refractivity (Wildman–Crippen MR) is 62.9 cm³/mol. The summed E-state index contributed by atoms with van der Waals surface area (Å²) in [6.07, 6.45) is 1.19. The number of halogens is 1. The number of hydrogen-bond acceptors (Lipinski definition) is 2. The zero-order chi connectivity index (χ0) is 12.1. The van der Waals surface area contributed by atoms with Crippen molar-refractivity contribution in [1.82, 2.24) is 0 Å². The molecule has 0 fully saturated rings. The van der Waals surface area contributed by atoms with Crippen molar-refractivity contribution in [2.45, 2.75) is 26.7 Å². The summed E-state index contributed by atoms with van der Waals surface area (Å²) in [7, 11) is 0. The van der Waals surface area contributed by atoms with Crippen molar-refractivity contribution in [3.05, 3.63) is 35.1 Å². The summed E-state index contributed by atoms with van der Waals surface area (Å²) in [4.78, 5) is 11.8. The lowest BCUT2D eigenvalue weighted by molar-refractivity contribution is 0.0974. The van der Waals surface area contributed by atoms with Crippen LogP contribution in [0.5, 0.6) is 0 Å². The second-order valence-corrected chi connectivity index (χ2v) is 4.26. The van der Waals surface area contributed by atoms with Gasteiger partial charge in [-0.1, -0.05) is 13.0 Å². The number of ketones is 1. The van der Waals surface area contributed by atoms with E-state index in [0.29, 0.717) is 24.4 Å². The highest BCUT2D eigenvalue weighted by molar-refractivity contribution is 5.97. The van der Waals surface area contributed by atoms with Crippen molar-refractivity contribution in [3.8, 4) is 0 Å². The van der Waals surface area contributed by atoms with E-state index in [1.54, 1.807) is 6.07 Å². The molecule has 16 heavy (non-hydrogen) atoms. The summed E-state index contributed by atoms with van der Waals surface area (Å²) in [5, 5.41) is 0. The van der Waals surface area contributed by atoms with E-state index in [9.17, 15) is 9.18 Å². The SMILES string of the molecule is Cc1ccc(F)cc1C(=O)CCC(C)CN. The number of benzene rings is 1. The van der Waals surface area contributed by atoms with Crippen LogP contribution in [-0.2, 0) is 0 Å². The Balaban J connectivity index is 2.69. The van der Waals surface area contributed by atoms with Crippen LogP contribution in [-0.4, -0.2) is 12.3 Å². The molecule has 0 spiro atoms. The Kier molecular flexibility index (Phi) is 4.62. The molecule has 0 aromatic heterocycles. The molecule has 1 rings (SSSR count). The molecule has 1 unspecified atom stereocenters. The van der Waals surface area contributed by atoms with Crippen LogP contribution >= 0.6 is 0 Å². The Morgan fingerprint density at radius 1 is 1.50 bits per heavy atom. The fourth-order valence-electron chi connectivity index (χ4n) is 1.52. The minimum absolute atomic E-state index is 0.00250. The van der Waals surface area contributed by atoms with Crippen molar-refractivity contribution in [3.63, 3.8) is 0 Å². The summed E-state index contributed by atoms with van der Waals surface area (Å²) in [5.41, 5.74) is 6.80. The fraction of sp³-hybridized carbons (Fsp3) is 0.462. The first-order valence-electron chi connectivity index (χ1n) is 5.54. The van der Waals surface area contributed by atoms with Crippen molar-refractivity contribution in [2.75, 3.05) is 6.54 Å². The minimum atomic E-state index is -0.360. The highest BCUT2D eigenvalue weighted by Crippen LogP contribution is 2.15. The molecule has 0 amide bonds. The van der Waals surface area contributed by atoms with E-state index in [2.05, 4.69) is 0 Å². The summed E-state index contributed by atoms with van der Waals surface area (Å²) in [6.45, 7) is 4.40. The molecule has 0 radical (unpaired) electrons. The van der Waals surface area contributed by atoms with Crippen LogP contribution in [0.4, 0.5) is 4.39 Å². The molecule has 3 heteroatoms. The van der Waals surface area contributed by atoms with Gasteiger partial charge in [0, 0.05) is 12.0 Å². The number of Topliss-reactive ketones (excluding diaryl/α,β-unsaturated/α-hetero) is 1. The van der Waals surface area contributed by atoms with Crippen molar-refractivity contribution in [1.29, 1.82) is 0 Å². The Morgan fingerprint density at radius 2 is 2.19 bits per heavy atom. The van der Waals surface area contributed by atoms with Gasteiger partial charge in [0.25, 0.3) is 0 Å². The molecule has 0 bridgehead atoms. The van der Waals surface area contributed by atoms with Gasteiger partial charge in [0.2, 0.25) is 0 Å². The van der Waals surface area contributed by atoms with Gasteiger partial charge in [0.05, 0.1) is 0 Å². The first-order valence-corrected chi connectivity index (χ1v) is 5.54. The molecule has 2 N–H and O–H groups in total. The molecule has 0 saturated carbocycles. The fourth-order valence-corrected chi connectivity index (χ4v) is 1.52. The van der Waals surface area contributed by atoms with Gasteiger partial charge >= 0.3 is 0 Å². The number of carbonyl (C=O) groups is 1. The molecule has 1 aromatic carbocycles. The number of rotatable bonds is 5. The third-order valence-electron chi connectivity index (χ3n) is 2.77. The zero-order valence-electron chi connectivity index (χ0n) is 9.79. The van der Waals surface area contributed by atoms with Crippen molar-refractivity contribution >= 4 is 5.78 Å². The van der Waals surface area contributed by atoms with E-state index in [1.807, 2.05) is 13.8 Å². The Hall–Kier alpha value is -1.22. The quantitative estimate of drug-likeness (QED) is 0.780. The standard InChI is InChI=1S/C13H18FNO/c1-9(8-15)3-6-13(16)12-7-11(14)5-4-10(12)2/h4-5,7,9H,3,6,8,15H2,1-2H3. The summed E-state index contributed by atoms with van der Waals surface area (Å²) in [6, 6.07) is 4.31. The Bertz CT molecular complexity index is 376. The lowest BCUT2D eigenvalue weighted by Gasteiger charge is -2.08.